The van der Waals surface area contributed by atoms with Gasteiger partial charge < -0.3 is 14.6 Å². The molecule has 3 aromatic rings. The molecule has 142 valence electrons. The molecule has 1 N–H and O–H groups in total. The van der Waals surface area contributed by atoms with Gasteiger partial charge in [-0.25, -0.2) is 12.4 Å². The topological polar surface area (TPSA) is 94.8 Å². The zero-order valence-electron chi connectivity index (χ0n) is 14.3. The molecule has 27 heavy (non-hydrogen) atoms. The number of carboxylic acid groups (broad SMARTS) is 1. The Morgan fingerprint density at radius 1 is 1.19 bits per heavy atom. The second-order valence-corrected chi connectivity index (χ2v) is 8.35. The summed E-state index contributed by atoms with van der Waals surface area (Å²) in [5, 5.41) is 9.34. The van der Waals surface area contributed by atoms with Crippen LogP contribution in [0, 0.1) is 0 Å². The second kappa shape index (κ2) is 7.61. The Labute approximate surface area is 164 Å². The van der Waals surface area contributed by atoms with Gasteiger partial charge in [0.05, 0.1) is 36.7 Å². The molecule has 0 amide bonds. The van der Waals surface area contributed by atoms with E-state index in [-0.39, 0.29) is 17.9 Å². The summed E-state index contributed by atoms with van der Waals surface area (Å²) in [7, 11) is -2.37. The number of methoxy groups -OCH3 is 1. The summed E-state index contributed by atoms with van der Waals surface area (Å²) in [4.78, 5) is 10.8. The fourth-order valence-corrected chi connectivity index (χ4v) is 4.29. The number of fused-ring (bicyclic) bond motifs is 1. The van der Waals surface area contributed by atoms with Gasteiger partial charge in [0.2, 0.25) is 0 Å². The maximum absolute atomic E-state index is 13.1. The van der Waals surface area contributed by atoms with Crippen LogP contribution in [-0.4, -0.2) is 37.2 Å². The first-order valence-electron chi connectivity index (χ1n) is 7.88. The van der Waals surface area contributed by atoms with Crippen LogP contribution >= 0.6 is 15.9 Å². The molecular formula is C18H16BrNO6S. The van der Waals surface area contributed by atoms with Crippen molar-refractivity contribution in [1.29, 1.82) is 0 Å². The molecule has 0 unspecified atom stereocenters. The van der Waals surface area contributed by atoms with E-state index >= 15 is 0 Å². The van der Waals surface area contributed by atoms with Crippen molar-refractivity contribution in [2.24, 2.45) is 0 Å². The van der Waals surface area contributed by atoms with Crippen LogP contribution in [0.2, 0.25) is 0 Å². The summed E-state index contributed by atoms with van der Waals surface area (Å²) < 4.78 is 38.6. The van der Waals surface area contributed by atoms with Crippen LogP contribution in [0.5, 0.6) is 11.5 Å². The number of aliphatic carboxylic acids is 1. The number of aromatic nitrogens is 1. The fraction of sp³-hybridized carbons (Fsp3) is 0.167. The SMILES string of the molecule is COc1ccc(S(=O)(=O)n2cc(OCCC(=O)O)c3cc(Br)ccc32)cc1. The number of halogens is 1. The summed E-state index contributed by atoms with van der Waals surface area (Å²) in [6.07, 6.45) is 1.17. The molecule has 0 aliphatic heterocycles. The van der Waals surface area contributed by atoms with Crippen LogP contribution in [0.1, 0.15) is 6.42 Å². The Hall–Kier alpha value is -2.52. The summed E-state index contributed by atoms with van der Waals surface area (Å²) in [6.45, 7) is -0.0659. The molecule has 0 saturated carbocycles. The monoisotopic (exact) mass is 453 g/mol. The molecule has 9 heteroatoms. The van der Waals surface area contributed by atoms with E-state index in [2.05, 4.69) is 15.9 Å². The highest BCUT2D eigenvalue weighted by Gasteiger charge is 2.22. The average molecular weight is 454 g/mol. The highest BCUT2D eigenvalue weighted by atomic mass is 79.9. The number of carboxylic acids is 1. The van der Waals surface area contributed by atoms with Crippen LogP contribution in [0.25, 0.3) is 10.9 Å². The Morgan fingerprint density at radius 2 is 1.89 bits per heavy atom. The second-order valence-electron chi connectivity index (χ2n) is 5.62. The third-order valence-corrected chi connectivity index (χ3v) is 6.07. The van der Waals surface area contributed by atoms with Crippen molar-refractivity contribution in [3.63, 3.8) is 0 Å². The average Bonchev–Trinajstić information content (AvgIpc) is 3.00. The van der Waals surface area contributed by atoms with Gasteiger partial charge in [-0.1, -0.05) is 15.9 Å². The van der Waals surface area contributed by atoms with E-state index in [1.165, 1.54) is 25.4 Å². The van der Waals surface area contributed by atoms with Crippen LogP contribution in [-0.2, 0) is 14.8 Å². The lowest BCUT2D eigenvalue weighted by molar-refractivity contribution is -0.137. The molecule has 0 fully saturated rings. The van der Waals surface area contributed by atoms with E-state index in [1.807, 2.05) is 0 Å². The van der Waals surface area contributed by atoms with Gasteiger partial charge >= 0.3 is 5.97 Å². The van der Waals surface area contributed by atoms with Crippen LogP contribution in [0.4, 0.5) is 0 Å². The third-order valence-electron chi connectivity index (χ3n) is 3.89. The summed E-state index contributed by atoms with van der Waals surface area (Å²) in [5.74, 6) is -0.150. The quantitative estimate of drug-likeness (QED) is 0.587. The molecule has 0 aliphatic rings. The first kappa shape index (κ1) is 19.2. The van der Waals surface area contributed by atoms with Crippen LogP contribution < -0.4 is 9.47 Å². The standard InChI is InChI=1S/C18H16BrNO6S/c1-25-13-3-5-14(6-4-13)27(23,24)20-11-17(26-9-8-18(21)22)15-10-12(19)2-7-16(15)20/h2-7,10-11H,8-9H2,1H3,(H,21,22). The molecule has 0 spiro atoms. The van der Waals surface area contributed by atoms with Crippen LogP contribution in [0.3, 0.4) is 0 Å². The maximum atomic E-state index is 13.1. The fourth-order valence-electron chi connectivity index (χ4n) is 2.57. The van der Waals surface area contributed by atoms with E-state index in [9.17, 15) is 13.2 Å². The van der Waals surface area contributed by atoms with Gasteiger partial charge in [-0.15, -0.1) is 0 Å². The first-order chi connectivity index (χ1) is 12.8. The number of ether oxygens (including phenoxy) is 2. The highest BCUT2D eigenvalue weighted by molar-refractivity contribution is 9.10. The summed E-state index contributed by atoms with van der Waals surface area (Å²) >= 11 is 3.36. The van der Waals surface area contributed by atoms with Gasteiger partial charge in [0.25, 0.3) is 10.0 Å². The Kier molecular flexibility index (Phi) is 5.43. The van der Waals surface area contributed by atoms with E-state index in [0.717, 1.165) is 8.45 Å². The Bertz CT molecular complexity index is 1090. The van der Waals surface area contributed by atoms with Crippen molar-refractivity contribution >= 4 is 42.8 Å². The van der Waals surface area contributed by atoms with Gasteiger partial charge in [0, 0.05) is 9.86 Å². The number of nitrogens with zero attached hydrogens (tertiary/aromatic N) is 1. The number of benzene rings is 2. The van der Waals surface area contributed by atoms with E-state index in [4.69, 9.17) is 14.6 Å². The molecule has 0 radical (unpaired) electrons. The molecule has 1 heterocycles. The number of hydrogen-bond donors (Lipinski definition) is 1. The molecule has 3 rings (SSSR count). The van der Waals surface area contributed by atoms with Crippen molar-refractivity contribution < 1.29 is 27.8 Å². The molecule has 0 bridgehead atoms. The van der Waals surface area contributed by atoms with Gasteiger partial charge in [-0.2, -0.15) is 0 Å². The summed E-state index contributed by atoms with van der Waals surface area (Å²) in [6, 6.07) is 11.2. The van der Waals surface area contributed by atoms with Gasteiger partial charge in [-0.3, -0.25) is 4.79 Å². The highest BCUT2D eigenvalue weighted by Crippen LogP contribution is 2.33. The molecule has 0 saturated heterocycles. The minimum Gasteiger partial charge on any atom is -0.497 e. The van der Waals surface area contributed by atoms with Crippen molar-refractivity contribution in [2.75, 3.05) is 13.7 Å². The predicted octanol–water partition coefficient (Wildman–Crippen LogP) is 3.50. The van der Waals surface area contributed by atoms with E-state index in [1.54, 1.807) is 30.3 Å². The minimum absolute atomic E-state index is 0.0659. The van der Waals surface area contributed by atoms with Crippen molar-refractivity contribution in [2.45, 2.75) is 11.3 Å². The zero-order chi connectivity index (χ0) is 19.6. The smallest absolute Gasteiger partial charge is 0.306 e. The third kappa shape index (κ3) is 3.93. The van der Waals surface area contributed by atoms with Crippen molar-refractivity contribution in [3.05, 3.63) is 53.1 Å². The Morgan fingerprint density at radius 3 is 2.52 bits per heavy atom. The largest absolute Gasteiger partial charge is 0.497 e. The molecule has 0 atom stereocenters. The molecule has 1 aromatic heterocycles. The van der Waals surface area contributed by atoms with Crippen LogP contribution in [0.15, 0.2) is 58.0 Å². The Balaban J connectivity index is 2.08. The maximum Gasteiger partial charge on any atom is 0.306 e. The van der Waals surface area contributed by atoms with Crippen molar-refractivity contribution in [1.82, 2.24) is 3.97 Å². The van der Waals surface area contributed by atoms with Crippen molar-refractivity contribution in [3.8, 4) is 11.5 Å². The number of carbonyl (C=O) groups is 1. The zero-order valence-corrected chi connectivity index (χ0v) is 16.7. The van der Waals surface area contributed by atoms with Gasteiger partial charge in [-0.05, 0) is 42.5 Å². The van der Waals surface area contributed by atoms with Gasteiger partial charge in [0.15, 0.2) is 0 Å². The molecule has 0 aliphatic carbocycles. The lowest BCUT2D eigenvalue weighted by atomic mass is 10.2. The first-order valence-corrected chi connectivity index (χ1v) is 10.1. The summed E-state index contributed by atoms with van der Waals surface area (Å²) in [5.41, 5.74) is 0.430. The minimum atomic E-state index is -3.87. The van der Waals surface area contributed by atoms with Gasteiger partial charge in [0.1, 0.15) is 11.5 Å². The molecule has 7 nitrogen and oxygen atoms in total. The molecule has 2 aromatic carbocycles. The predicted molar refractivity (Wildman–Crippen MR) is 103 cm³/mol. The van der Waals surface area contributed by atoms with E-state index < -0.39 is 16.0 Å². The van der Waals surface area contributed by atoms with E-state index in [0.29, 0.717) is 22.4 Å². The number of hydrogen-bond acceptors (Lipinski definition) is 5. The molecular weight excluding hydrogens is 438 g/mol. The normalized spacial score (nSPS) is 11.5. The lowest BCUT2D eigenvalue weighted by Crippen LogP contribution is -2.11. The number of rotatable bonds is 7. The lowest BCUT2D eigenvalue weighted by Gasteiger charge is -2.08.